The van der Waals surface area contributed by atoms with Crippen LogP contribution in [-0.4, -0.2) is 29.8 Å². The number of aromatic nitrogens is 1. The zero-order chi connectivity index (χ0) is 12.0. The average molecular weight is 251 g/mol. The van der Waals surface area contributed by atoms with Crippen molar-refractivity contribution in [2.75, 3.05) is 30.0 Å². The lowest BCUT2D eigenvalue weighted by Gasteiger charge is -2.08. The Morgan fingerprint density at radius 1 is 1.31 bits per heavy atom. The van der Waals surface area contributed by atoms with E-state index in [1.807, 2.05) is 0 Å². The number of alkyl halides is 3. The number of nitrogens with one attached hydrogen (secondary N) is 2. The van der Waals surface area contributed by atoms with Crippen LogP contribution < -0.4 is 10.6 Å². The van der Waals surface area contributed by atoms with Crippen molar-refractivity contribution >= 4 is 23.1 Å². The lowest BCUT2D eigenvalue weighted by atomic mass is 10.3. The molecule has 1 aromatic rings. The van der Waals surface area contributed by atoms with Crippen LogP contribution in [0.2, 0.25) is 0 Å². The monoisotopic (exact) mass is 251 g/mol. The van der Waals surface area contributed by atoms with Crippen LogP contribution in [0.4, 0.5) is 24.5 Å². The fourth-order valence-electron chi connectivity index (χ4n) is 1.04. The highest BCUT2D eigenvalue weighted by molar-refractivity contribution is 8.00. The second-order valence-electron chi connectivity index (χ2n) is 2.93. The Bertz CT molecular complexity index is 330. The van der Waals surface area contributed by atoms with Gasteiger partial charge in [0.15, 0.2) is 0 Å². The molecule has 0 saturated carbocycles. The van der Waals surface area contributed by atoms with Crippen LogP contribution >= 0.6 is 11.8 Å². The first kappa shape index (κ1) is 13.0. The summed E-state index contributed by atoms with van der Waals surface area (Å²) in [5.74, 6) is -0.0206. The van der Waals surface area contributed by atoms with Gasteiger partial charge < -0.3 is 10.6 Å². The molecule has 0 spiro atoms. The topological polar surface area (TPSA) is 37.0 Å². The standard InChI is InChI=1S/C9H12F3N3S/c1-13-7-4-8(6-14-5-7)15-2-3-16-9(10,11)12/h4-6,13,15H,2-3H2,1H3. The van der Waals surface area contributed by atoms with E-state index in [4.69, 9.17) is 0 Å². The number of halogens is 3. The minimum Gasteiger partial charge on any atom is -0.387 e. The van der Waals surface area contributed by atoms with Crippen LogP contribution in [0.1, 0.15) is 0 Å². The number of anilines is 2. The number of hydrogen-bond acceptors (Lipinski definition) is 4. The van der Waals surface area contributed by atoms with E-state index in [2.05, 4.69) is 15.6 Å². The highest BCUT2D eigenvalue weighted by Gasteiger charge is 2.27. The highest BCUT2D eigenvalue weighted by atomic mass is 32.2. The quantitative estimate of drug-likeness (QED) is 0.789. The molecule has 0 saturated heterocycles. The van der Waals surface area contributed by atoms with Gasteiger partial charge in [0.1, 0.15) is 0 Å². The average Bonchev–Trinajstić information content (AvgIpc) is 2.23. The fraction of sp³-hybridized carbons (Fsp3) is 0.444. The van der Waals surface area contributed by atoms with Gasteiger partial charge >= 0.3 is 5.51 Å². The molecule has 0 radical (unpaired) electrons. The maximum atomic E-state index is 11.8. The van der Waals surface area contributed by atoms with Crippen molar-refractivity contribution < 1.29 is 13.2 Å². The summed E-state index contributed by atoms with van der Waals surface area (Å²) in [5, 5.41) is 5.76. The van der Waals surface area contributed by atoms with Gasteiger partial charge in [-0.05, 0) is 17.8 Å². The summed E-state index contributed by atoms with van der Waals surface area (Å²) in [6.07, 6.45) is 3.20. The second-order valence-corrected chi connectivity index (χ2v) is 4.09. The number of nitrogens with zero attached hydrogens (tertiary/aromatic N) is 1. The molecule has 0 aliphatic heterocycles. The van der Waals surface area contributed by atoms with Gasteiger partial charge in [-0.15, -0.1) is 0 Å². The van der Waals surface area contributed by atoms with Crippen molar-refractivity contribution in [1.29, 1.82) is 0 Å². The van der Waals surface area contributed by atoms with Gasteiger partial charge in [0.25, 0.3) is 0 Å². The summed E-state index contributed by atoms with van der Waals surface area (Å²) in [7, 11) is 1.75. The van der Waals surface area contributed by atoms with Crippen LogP contribution in [0.25, 0.3) is 0 Å². The molecule has 1 rings (SSSR count). The van der Waals surface area contributed by atoms with Crippen LogP contribution in [0.15, 0.2) is 18.5 Å². The number of rotatable bonds is 5. The SMILES string of the molecule is CNc1cncc(NCCSC(F)(F)F)c1. The van der Waals surface area contributed by atoms with Crippen molar-refractivity contribution in [2.45, 2.75) is 5.51 Å². The number of thioether (sulfide) groups is 1. The van der Waals surface area contributed by atoms with Crippen molar-refractivity contribution in [1.82, 2.24) is 4.98 Å². The summed E-state index contributed by atoms with van der Waals surface area (Å²) in [4.78, 5) is 3.93. The van der Waals surface area contributed by atoms with Crippen molar-refractivity contribution in [3.8, 4) is 0 Å². The Balaban J connectivity index is 2.32. The van der Waals surface area contributed by atoms with E-state index < -0.39 is 5.51 Å². The summed E-state index contributed by atoms with van der Waals surface area (Å²) in [6, 6.07) is 1.78. The third kappa shape index (κ3) is 5.11. The molecule has 7 heteroatoms. The van der Waals surface area contributed by atoms with E-state index in [1.54, 1.807) is 25.5 Å². The predicted molar refractivity (Wildman–Crippen MR) is 60.8 cm³/mol. The molecule has 1 heterocycles. The van der Waals surface area contributed by atoms with Gasteiger partial charge in [-0.2, -0.15) is 13.2 Å². The van der Waals surface area contributed by atoms with Gasteiger partial charge in [0.05, 0.1) is 23.8 Å². The third-order valence-corrected chi connectivity index (χ3v) is 2.46. The van der Waals surface area contributed by atoms with Crippen LogP contribution in [0.3, 0.4) is 0 Å². The zero-order valence-corrected chi connectivity index (χ0v) is 9.45. The fourth-order valence-corrected chi connectivity index (χ4v) is 1.47. The van der Waals surface area contributed by atoms with E-state index in [-0.39, 0.29) is 24.1 Å². The van der Waals surface area contributed by atoms with E-state index in [9.17, 15) is 13.2 Å². The van der Waals surface area contributed by atoms with Crippen molar-refractivity contribution in [2.24, 2.45) is 0 Å². The third-order valence-electron chi connectivity index (χ3n) is 1.72. The van der Waals surface area contributed by atoms with E-state index in [0.717, 1.165) is 5.69 Å². The Morgan fingerprint density at radius 2 is 2.00 bits per heavy atom. The normalized spacial score (nSPS) is 11.2. The minimum absolute atomic E-state index is 0.0206. The molecule has 16 heavy (non-hydrogen) atoms. The summed E-state index contributed by atoms with van der Waals surface area (Å²) in [6.45, 7) is 0.249. The molecule has 0 aliphatic carbocycles. The lowest BCUT2D eigenvalue weighted by Crippen LogP contribution is -2.09. The molecule has 0 bridgehead atoms. The van der Waals surface area contributed by atoms with Gasteiger partial charge in [-0.25, -0.2) is 0 Å². The van der Waals surface area contributed by atoms with Crippen molar-refractivity contribution in [3.05, 3.63) is 18.5 Å². The van der Waals surface area contributed by atoms with Crippen molar-refractivity contribution in [3.63, 3.8) is 0 Å². The molecule has 0 unspecified atom stereocenters. The molecule has 0 aliphatic rings. The smallest absolute Gasteiger partial charge is 0.387 e. The number of hydrogen-bond donors (Lipinski definition) is 2. The molecule has 0 amide bonds. The second kappa shape index (κ2) is 5.83. The molecule has 3 nitrogen and oxygen atoms in total. The molecule has 0 aromatic carbocycles. The van der Waals surface area contributed by atoms with E-state index >= 15 is 0 Å². The summed E-state index contributed by atoms with van der Waals surface area (Å²) >= 11 is -0.0358. The van der Waals surface area contributed by atoms with E-state index in [1.165, 1.54) is 0 Å². The zero-order valence-electron chi connectivity index (χ0n) is 8.64. The Kier molecular flexibility index (Phi) is 4.72. The molecular weight excluding hydrogens is 239 g/mol. The first-order chi connectivity index (χ1) is 7.51. The Morgan fingerprint density at radius 3 is 2.62 bits per heavy atom. The minimum atomic E-state index is -4.16. The summed E-state index contributed by atoms with van der Waals surface area (Å²) < 4.78 is 35.4. The first-order valence-electron chi connectivity index (χ1n) is 4.58. The lowest BCUT2D eigenvalue weighted by molar-refractivity contribution is -0.0327. The van der Waals surface area contributed by atoms with Crippen LogP contribution in [0.5, 0.6) is 0 Å². The Hall–Kier alpha value is -1.11. The van der Waals surface area contributed by atoms with Gasteiger partial charge in [-0.1, -0.05) is 0 Å². The van der Waals surface area contributed by atoms with Crippen LogP contribution in [0, 0.1) is 0 Å². The first-order valence-corrected chi connectivity index (χ1v) is 5.57. The van der Waals surface area contributed by atoms with Crippen LogP contribution in [-0.2, 0) is 0 Å². The molecule has 0 fully saturated rings. The summed E-state index contributed by atoms with van der Waals surface area (Å²) in [5.41, 5.74) is -2.64. The molecule has 0 atom stereocenters. The maximum Gasteiger partial charge on any atom is 0.441 e. The largest absolute Gasteiger partial charge is 0.441 e. The molecule has 1 aromatic heterocycles. The van der Waals surface area contributed by atoms with Gasteiger partial charge in [-0.3, -0.25) is 4.98 Å². The molecular formula is C9H12F3N3S. The Labute approximate surface area is 95.8 Å². The number of pyridine rings is 1. The van der Waals surface area contributed by atoms with Gasteiger partial charge in [0.2, 0.25) is 0 Å². The van der Waals surface area contributed by atoms with Gasteiger partial charge in [0, 0.05) is 19.3 Å². The maximum absolute atomic E-state index is 11.8. The highest BCUT2D eigenvalue weighted by Crippen LogP contribution is 2.29. The predicted octanol–water partition coefficient (Wildman–Crippen LogP) is 2.79. The van der Waals surface area contributed by atoms with E-state index in [0.29, 0.717) is 5.69 Å². The molecule has 90 valence electrons. The molecule has 2 N–H and O–H groups in total.